The van der Waals surface area contributed by atoms with Crippen molar-refractivity contribution in [3.05, 3.63) is 30.1 Å². The van der Waals surface area contributed by atoms with Gasteiger partial charge in [-0.15, -0.1) is 0 Å². The van der Waals surface area contributed by atoms with E-state index < -0.39 is 0 Å². The van der Waals surface area contributed by atoms with Crippen molar-refractivity contribution >= 4 is 0 Å². The number of rotatable bonds is 9. The molecule has 102 valence electrons. The number of benzene rings is 1. The molecule has 0 heterocycles. The molecule has 0 bridgehead atoms. The molecule has 0 fully saturated rings. The third kappa shape index (κ3) is 6.01. The Balaban J connectivity index is 2.07. The van der Waals surface area contributed by atoms with Gasteiger partial charge in [-0.1, -0.05) is 19.1 Å². The van der Waals surface area contributed by atoms with Gasteiger partial charge in [0, 0.05) is 6.04 Å². The molecule has 0 aliphatic carbocycles. The predicted molar refractivity (Wildman–Crippen MR) is 73.5 cm³/mol. The first-order chi connectivity index (χ1) is 8.74. The van der Waals surface area contributed by atoms with E-state index in [2.05, 4.69) is 19.2 Å². The Labute approximate surface area is 110 Å². The zero-order valence-electron chi connectivity index (χ0n) is 11.4. The standard InChI is InChI=1S/C15H24FNO/c1-3-11-17-13(2)8-6-7-12-18-15-10-5-4-9-14(15)16/h4-5,9-10,13,17H,3,6-8,11-12H2,1-2H3. The summed E-state index contributed by atoms with van der Waals surface area (Å²) < 4.78 is 18.6. The molecule has 0 aromatic heterocycles. The summed E-state index contributed by atoms with van der Waals surface area (Å²) in [6, 6.07) is 7.10. The second kappa shape index (κ2) is 8.92. The Morgan fingerprint density at radius 2 is 2.06 bits per heavy atom. The Bertz CT molecular complexity index is 330. The van der Waals surface area contributed by atoms with Gasteiger partial charge in [-0.2, -0.15) is 0 Å². The van der Waals surface area contributed by atoms with Gasteiger partial charge in [-0.3, -0.25) is 0 Å². The van der Waals surface area contributed by atoms with E-state index in [1.54, 1.807) is 18.2 Å². The van der Waals surface area contributed by atoms with Gasteiger partial charge in [0.15, 0.2) is 11.6 Å². The van der Waals surface area contributed by atoms with Crippen LogP contribution >= 0.6 is 0 Å². The van der Waals surface area contributed by atoms with Gasteiger partial charge in [0.2, 0.25) is 0 Å². The summed E-state index contributed by atoms with van der Waals surface area (Å²) in [5.74, 6) is 0.0742. The average molecular weight is 253 g/mol. The van der Waals surface area contributed by atoms with Crippen molar-refractivity contribution in [1.29, 1.82) is 0 Å². The van der Waals surface area contributed by atoms with E-state index in [9.17, 15) is 4.39 Å². The fraction of sp³-hybridized carbons (Fsp3) is 0.600. The molecule has 1 aromatic carbocycles. The summed E-state index contributed by atoms with van der Waals surface area (Å²) in [4.78, 5) is 0. The van der Waals surface area contributed by atoms with E-state index in [4.69, 9.17) is 4.74 Å². The zero-order chi connectivity index (χ0) is 13.2. The first kappa shape index (κ1) is 15.0. The van der Waals surface area contributed by atoms with Gasteiger partial charge in [0.1, 0.15) is 0 Å². The lowest BCUT2D eigenvalue weighted by Crippen LogP contribution is -2.26. The molecule has 0 amide bonds. The highest BCUT2D eigenvalue weighted by atomic mass is 19.1. The van der Waals surface area contributed by atoms with Crippen molar-refractivity contribution in [1.82, 2.24) is 5.32 Å². The number of halogens is 1. The van der Waals surface area contributed by atoms with Crippen LogP contribution in [0.3, 0.4) is 0 Å². The van der Waals surface area contributed by atoms with Crippen molar-refractivity contribution in [3.63, 3.8) is 0 Å². The van der Waals surface area contributed by atoms with Crippen LogP contribution in [-0.2, 0) is 0 Å². The molecule has 3 heteroatoms. The van der Waals surface area contributed by atoms with Gasteiger partial charge in [-0.25, -0.2) is 4.39 Å². The average Bonchev–Trinajstić information content (AvgIpc) is 2.38. The number of hydrogen-bond acceptors (Lipinski definition) is 2. The highest BCUT2D eigenvalue weighted by Crippen LogP contribution is 2.15. The molecule has 0 saturated carbocycles. The molecular formula is C15H24FNO. The Morgan fingerprint density at radius 3 is 2.78 bits per heavy atom. The fourth-order valence-corrected chi connectivity index (χ4v) is 1.79. The van der Waals surface area contributed by atoms with Crippen molar-refractivity contribution in [3.8, 4) is 5.75 Å². The summed E-state index contributed by atoms with van der Waals surface area (Å²) in [7, 11) is 0. The molecule has 1 rings (SSSR count). The Kier molecular flexibility index (Phi) is 7.42. The second-order valence-corrected chi connectivity index (χ2v) is 4.63. The number of nitrogens with one attached hydrogen (secondary N) is 1. The number of unbranched alkanes of at least 4 members (excludes halogenated alkanes) is 1. The minimum absolute atomic E-state index is 0.282. The molecule has 0 aliphatic rings. The lowest BCUT2D eigenvalue weighted by atomic mass is 10.1. The molecule has 18 heavy (non-hydrogen) atoms. The summed E-state index contributed by atoms with van der Waals surface area (Å²) >= 11 is 0. The van der Waals surface area contributed by atoms with Gasteiger partial charge < -0.3 is 10.1 Å². The highest BCUT2D eigenvalue weighted by molar-refractivity contribution is 5.23. The van der Waals surface area contributed by atoms with E-state index in [0.29, 0.717) is 18.4 Å². The molecule has 2 nitrogen and oxygen atoms in total. The van der Waals surface area contributed by atoms with Crippen LogP contribution in [0.4, 0.5) is 4.39 Å². The molecule has 1 atom stereocenters. The van der Waals surface area contributed by atoms with Gasteiger partial charge in [0.05, 0.1) is 6.61 Å². The number of ether oxygens (including phenoxy) is 1. The van der Waals surface area contributed by atoms with E-state index in [-0.39, 0.29) is 5.82 Å². The SMILES string of the molecule is CCCNC(C)CCCCOc1ccccc1F. The monoisotopic (exact) mass is 253 g/mol. The molecule has 1 aromatic rings. The summed E-state index contributed by atoms with van der Waals surface area (Å²) in [5.41, 5.74) is 0. The first-order valence-corrected chi connectivity index (χ1v) is 6.84. The quantitative estimate of drug-likeness (QED) is 0.676. The van der Waals surface area contributed by atoms with Crippen LogP contribution in [0, 0.1) is 5.82 Å². The van der Waals surface area contributed by atoms with Crippen LogP contribution in [0.15, 0.2) is 24.3 Å². The molecule has 0 radical (unpaired) electrons. The van der Waals surface area contributed by atoms with Gasteiger partial charge in [0.25, 0.3) is 0 Å². The largest absolute Gasteiger partial charge is 0.491 e. The molecular weight excluding hydrogens is 229 g/mol. The van der Waals surface area contributed by atoms with E-state index in [1.807, 2.05) is 0 Å². The minimum atomic E-state index is -0.282. The normalized spacial score (nSPS) is 12.4. The molecule has 1 unspecified atom stereocenters. The molecule has 0 spiro atoms. The van der Waals surface area contributed by atoms with Crippen LogP contribution in [0.5, 0.6) is 5.75 Å². The van der Waals surface area contributed by atoms with E-state index >= 15 is 0 Å². The first-order valence-electron chi connectivity index (χ1n) is 6.84. The lowest BCUT2D eigenvalue weighted by molar-refractivity contribution is 0.288. The summed E-state index contributed by atoms with van der Waals surface area (Å²) in [6.07, 6.45) is 4.38. The van der Waals surface area contributed by atoms with Crippen LogP contribution < -0.4 is 10.1 Å². The van der Waals surface area contributed by atoms with E-state index in [0.717, 1.165) is 25.8 Å². The van der Waals surface area contributed by atoms with Crippen LogP contribution in [-0.4, -0.2) is 19.2 Å². The number of para-hydroxylation sites is 1. The van der Waals surface area contributed by atoms with Crippen LogP contribution in [0.25, 0.3) is 0 Å². The topological polar surface area (TPSA) is 21.3 Å². The maximum atomic E-state index is 13.2. The molecule has 1 N–H and O–H groups in total. The Hall–Kier alpha value is -1.09. The van der Waals surface area contributed by atoms with Gasteiger partial charge >= 0.3 is 0 Å². The highest BCUT2D eigenvalue weighted by Gasteiger charge is 2.02. The summed E-state index contributed by atoms with van der Waals surface area (Å²) in [5, 5.41) is 3.45. The maximum Gasteiger partial charge on any atom is 0.165 e. The fourth-order valence-electron chi connectivity index (χ4n) is 1.79. The zero-order valence-corrected chi connectivity index (χ0v) is 11.4. The third-order valence-electron chi connectivity index (χ3n) is 2.87. The van der Waals surface area contributed by atoms with E-state index in [1.165, 1.54) is 12.5 Å². The van der Waals surface area contributed by atoms with Crippen molar-refractivity contribution in [2.75, 3.05) is 13.2 Å². The predicted octanol–water partition coefficient (Wildman–Crippen LogP) is 3.76. The van der Waals surface area contributed by atoms with Crippen molar-refractivity contribution in [2.24, 2.45) is 0 Å². The number of hydrogen-bond donors (Lipinski definition) is 1. The molecule has 0 saturated heterocycles. The molecule has 0 aliphatic heterocycles. The smallest absolute Gasteiger partial charge is 0.165 e. The van der Waals surface area contributed by atoms with Crippen molar-refractivity contribution < 1.29 is 9.13 Å². The maximum absolute atomic E-state index is 13.2. The van der Waals surface area contributed by atoms with Gasteiger partial charge in [-0.05, 0) is 51.3 Å². The summed E-state index contributed by atoms with van der Waals surface area (Å²) in [6.45, 7) is 6.03. The minimum Gasteiger partial charge on any atom is -0.491 e. The second-order valence-electron chi connectivity index (χ2n) is 4.63. The van der Waals surface area contributed by atoms with Crippen LogP contribution in [0.1, 0.15) is 39.5 Å². The third-order valence-corrected chi connectivity index (χ3v) is 2.87. The van der Waals surface area contributed by atoms with Crippen molar-refractivity contribution in [2.45, 2.75) is 45.6 Å². The van der Waals surface area contributed by atoms with Crippen LogP contribution in [0.2, 0.25) is 0 Å². The lowest BCUT2D eigenvalue weighted by Gasteiger charge is -2.13. The Morgan fingerprint density at radius 1 is 1.28 bits per heavy atom.